The number of aromatic nitrogens is 1. The number of hydrogen-bond donors (Lipinski definition) is 1. The van der Waals surface area contributed by atoms with Crippen molar-refractivity contribution >= 4 is 0 Å². The number of pyridine rings is 1. The summed E-state index contributed by atoms with van der Waals surface area (Å²) in [7, 11) is 0. The van der Waals surface area contributed by atoms with Crippen molar-refractivity contribution in [3.05, 3.63) is 24.5 Å². The van der Waals surface area contributed by atoms with E-state index in [1.54, 1.807) is 12.4 Å². The number of rotatable bonds is 6. The van der Waals surface area contributed by atoms with Crippen LogP contribution in [0, 0.1) is 5.41 Å². The largest absolute Gasteiger partial charge is 0.491 e. The minimum absolute atomic E-state index is 0.165. The van der Waals surface area contributed by atoms with Gasteiger partial charge in [0.2, 0.25) is 0 Å². The molecule has 0 aromatic carbocycles. The molecule has 1 fully saturated rings. The van der Waals surface area contributed by atoms with Gasteiger partial charge in [-0.25, -0.2) is 0 Å². The number of ether oxygens (including phenoxy) is 1. The van der Waals surface area contributed by atoms with Gasteiger partial charge in [0.1, 0.15) is 5.75 Å². The molecule has 1 heterocycles. The summed E-state index contributed by atoms with van der Waals surface area (Å²) in [5.41, 5.74) is 0.165. The zero-order chi connectivity index (χ0) is 11.4. The van der Waals surface area contributed by atoms with Crippen molar-refractivity contribution in [2.45, 2.75) is 32.7 Å². The Hall–Kier alpha value is -1.09. The fourth-order valence-electron chi connectivity index (χ4n) is 1.47. The number of nitrogens with one attached hydrogen (secondary N) is 1. The molecule has 1 aliphatic rings. The second kappa shape index (κ2) is 4.83. The lowest BCUT2D eigenvalue weighted by atomic mass is 9.95. The molecule has 0 aliphatic heterocycles. The SMILES string of the molecule is CC(C)(CNC1CC1)COc1cccnc1. The molecule has 0 radical (unpaired) electrons. The van der Waals surface area contributed by atoms with E-state index in [0.29, 0.717) is 0 Å². The Morgan fingerprint density at radius 2 is 2.31 bits per heavy atom. The molecule has 1 N–H and O–H groups in total. The van der Waals surface area contributed by atoms with Crippen LogP contribution in [0.2, 0.25) is 0 Å². The lowest BCUT2D eigenvalue weighted by Crippen LogP contribution is -2.35. The van der Waals surface area contributed by atoms with Crippen molar-refractivity contribution < 1.29 is 4.74 Å². The van der Waals surface area contributed by atoms with Gasteiger partial charge in [-0.1, -0.05) is 13.8 Å². The first-order valence-corrected chi connectivity index (χ1v) is 5.92. The van der Waals surface area contributed by atoms with Gasteiger partial charge in [-0.3, -0.25) is 4.98 Å². The molecule has 0 spiro atoms. The van der Waals surface area contributed by atoms with Gasteiger partial charge in [0.15, 0.2) is 0 Å². The molecule has 1 aliphatic carbocycles. The highest BCUT2D eigenvalue weighted by Crippen LogP contribution is 2.22. The van der Waals surface area contributed by atoms with Gasteiger partial charge < -0.3 is 10.1 Å². The highest BCUT2D eigenvalue weighted by Gasteiger charge is 2.25. The molecule has 0 bridgehead atoms. The topological polar surface area (TPSA) is 34.1 Å². The third-order valence-corrected chi connectivity index (χ3v) is 2.71. The lowest BCUT2D eigenvalue weighted by Gasteiger charge is -2.25. The summed E-state index contributed by atoms with van der Waals surface area (Å²) in [6, 6.07) is 4.60. The van der Waals surface area contributed by atoms with Crippen LogP contribution in [0.1, 0.15) is 26.7 Å². The first-order chi connectivity index (χ1) is 7.66. The van der Waals surface area contributed by atoms with Crippen LogP contribution in [-0.4, -0.2) is 24.2 Å². The summed E-state index contributed by atoms with van der Waals surface area (Å²) in [4.78, 5) is 4.03. The van der Waals surface area contributed by atoms with Crippen LogP contribution in [0.25, 0.3) is 0 Å². The van der Waals surface area contributed by atoms with Gasteiger partial charge >= 0.3 is 0 Å². The third-order valence-electron chi connectivity index (χ3n) is 2.71. The lowest BCUT2D eigenvalue weighted by molar-refractivity contribution is 0.175. The summed E-state index contributed by atoms with van der Waals surface area (Å²) in [5.74, 6) is 0.849. The zero-order valence-corrected chi connectivity index (χ0v) is 10.1. The molecule has 3 heteroatoms. The first-order valence-electron chi connectivity index (χ1n) is 5.92. The van der Waals surface area contributed by atoms with Gasteiger partial charge in [-0.15, -0.1) is 0 Å². The van der Waals surface area contributed by atoms with Gasteiger partial charge in [-0.05, 0) is 25.0 Å². The quantitative estimate of drug-likeness (QED) is 0.798. The standard InChI is InChI=1S/C13H20N2O/c1-13(2,9-15-11-5-6-11)10-16-12-4-3-7-14-8-12/h3-4,7-8,11,15H,5-6,9-10H2,1-2H3. The normalized spacial score (nSPS) is 16.1. The molecule has 0 unspecified atom stereocenters. The Kier molecular flexibility index (Phi) is 3.44. The Labute approximate surface area is 97.2 Å². The second-order valence-corrected chi connectivity index (χ2v) is 5.30. The van der Waals surface area contributed by atoms with E-state index in [2.05, 4.69) is 24.1 Å². The molecular formula is C13H20N2O. The molecule has 1 saturated carbocycles. The van der Waals surface area contributed by atoms with E-state index >= 15 is 0 Å². The molecule has 0 atom stereocenters. The van der Waals surface area contributed by atoms with E-state index in [9.17, 15) is 0 Å². The molecule has 16 heavy (non-hydrogen) atoms. The highest BCUT2D eigenvalue weighted by atomic mass is 16.5. The molecule has 1 aromatic rings. The maximum atomic E-state index is 5.72. The van der Waals surface area contributed by atoms with E-state index in [0.717, 1.165) is 24.9 Å². The minimum Gasteiger partial charge on any atom is -0.491 e. The van der Waals surface area contributed by atoms with Gasteiger partial charge in [0, 0.05) is 24.2 Å². The van der Waals surface area contributed by atoms with Crippen LogP contribution in [0.5, 0.6) is 5.75 Å². The molecule has 1 aromatic heterocycles. The maximum absolute atomic E-state index is 5.72. The monoisotopic (exact) mass is 220 g/mol. The van der Waals surface area contributed by atoms with E-state index in [1.807, 2.05) is 12.1 Å². The maximum Gasteiger partial charge on any atom is 0.137 e. The summed E-state index contributed by atoms with van der Waals surface area (Å²) in [6.07, 6.45) is 6.18. The van der Waals surface area contributed by atoms with Crippen LogP contribution in [0.4, 0.5) is 0 Å². The summed E-state index contributed by atoms with van der Waals surface area (Å²) >= 11 is 0. The summed E-state index contributed by atoms with van der Waals surface area (Å²) in [5, 5.41) is 3.54. The van der Waals surface area contributed by atoms with E-state index < -0.39 is 0 Å². The van der Waals surface area contributed by atoms with Crippen LogP contribution in [-0.2, 0) is 0 Å². The predicted octanol–water partition coefficient (Wildman–Crippen LogP) is 2.24. The first kappa shape index (κ1) is 11.4. The minimum atomic E-state index is 0.165. The van der Waals surface area contributed by atoms with E-state index in [-0.39, 0.29) is 5.41 Å². The Bertz CT molecular complexity index is 320. The molecule has 2 rings (SSSR count). The van der Waals surface area contributed by atoms with Crippen LogP contribution >= 0.6 is 0 Å². The van der Waals surface area contributed by atoms with Gasteiger partial charge in [0.25, 0.3) is 0 Å². The van der Waals surface area contributed by atoms with Crippen LogP contribution < -0.4 is 10.1 Å². The smallest absolute Gasteiger partial charge is 0.137 e. The molecule has 88 valence electrons. The van der Waals surface area contributed by atoms with Crippen molar-refractivity contribution in [3.63, 3.8) is 0 Å². The van der Waals surface area contributed by atoms with Crippen molar-refractivity contribution in [2.24, 2.45) is 5.41 Å². The van der Waals surface area contributed by atoms with Crippen molar-refractivity contribution in [2.75, 3.05) is 13.2 Å². The Morgan fingerprint density at radius 3 is 2.94 bits per heavy atom. The molecular weight excluding hydrogens is 200 g/mol. The fraction of sp³-hybridized carbons (Fsp3) is 0.615. The summed E-state index contributed by atoms with van der Waals surface area (Å²) < 4.78 is 5.72. The Morgan fingerprint density at radius 1 is 1.50 bits per heavy atom. The average molecular weight is 220 g/mol. The van der Waals surface area contributed by atoms with Crippen molar-refractivity contribution in [1.82, 2.24) is 10.3 Å². The summed E-state index contributed by atoms with van der Waals surface area (Å²) in [6.45, 7) is 6.17. The third kappa shape index (κ3) is 3.81. The predicted molar refractivity (Wildman–Crippen MR) is 64.5 cm³/mol. The van der Waals surface area contributed by atoms with Crippen molar-refractivity contribution in [3.8, 4) is 5.75 Å². The van der Waals surface area contributed by atoms with Crippen LogP contribution in [0.15, 0.2) is 24.5 Å². The zero-order valence-electron chi connectivity index (χ0n) is 10.1. The van der Waals surface area contributed by atoms with Crippen molar-refractivity contribution in [1.29, 1.82) is 0 Å². The van der Waals surface area contributed by atoms with Gasteiger partial charge in [-0.2, -0.15) is 0 Å². The van der Waals surface area contributed by atoms with E-state index in [4.69, 9.17) is 4.74 Å². The number of nitrogens with zero attached hydrogens (tertiary/aromatic N) is 1. The van der Waals surface area contributed by atoms with Crippen LogP contribution in [0.3, 0.4) is 0 Å². The molecule has 0 amide bonds. The second-order valence-electron chi connectivity index (χ2n) is 5.30. The number of hydrogen-bond acceptors (Lipinski definition) is 3. The van der Waals surface area contributed by atoms with E-state index in [1.165, 1.54) is 12.8 Å². The Balaban J connectivity index is 1.74. The molecule has 0 saturated heterocycles. The average Bonchev–Trinajstić information content (AvgIpc) is 3.09. The fourth-order valence-corrected chi connectivity index (χ4v) is 1.47. The van der Waals surface area contributed by atoms with Gasteiger partial charge in [0.05, 0.1) is 12.8 Å². The molecule has 3 nitrogen and oxygen atoms in total. The highest BCUT2D eigenvalue weighted by molar-refractivity contribution is 5.15.